The molecule has 1 fully saturated rings. The van der Waals surface area contributed by atoms with Crippen LogP contribution in [-0.4, -0.2) is 34.9 Å². The molecule has 0 bridgehead atoms. The first-order valence-corrected chi connectivity index (χ1v) is 11.6. The van der Waals surface area contributed by atoms with E-state index in [9.17, 15) is 13.6 Å². The van der Waals surface area contributed by atoms with Gasteiger partial charge in [0.05, 0.1) is 11.6 Å². The van der Waals surface area contributed by atoms with Gasteiger partial charge in [0, 0.05) is 42.0 Å². The minimum atomic E-state index is -0.633. The van der Waals surface area contributed by atoms with E-state index in [1.165, 1.54) is 12.5 Å². The third kappa shape index (κ3) is 3.66. The molecule has 0 saturated carbocycles. The normalized spacial score (nSPS) is 19.8. The van der Waals surface area contributed by atoms with Gasteiger partial charge in [0.2, 0.25) is 0 Å². The van der Waals surface area contributed by atoms with Crippen LogP contribution in [0.15, 0.2) is 36.4 Å². The van der Waals surface area contributed by atoms with Crippen LogP contribution >= 0.6 is 0 Å². The Morgan fingerprint density at radius 2 is 1.97 bits per heavy atom. The van der Waals surface area contributed by atoms with Gasteiger partial charge in [-0.05, 0) is 54.5 Å². The topological polar surface area (TPSA) is 39.3 Å². The van der Waals surface area contributed by atoms with Crippen molar-refractivity contribution in [1.29, 1.82) is 0 Å². The monoisotopic (exact) mass is 447 g/mol. The molecular weight excluding hydrogens is 420 g/mol. The summed E-state index contributed by atoms with van der Waals surface area (Å²) in [5, 5.41) is 0.541. The van der Waals surface area contributed by atoms with Gasteiger partial charge in [0.25, 0.3) is 5.91 Å². The highest BCUT2D eigenvalue weighted by atomic mass is 19.1. The van der Waals surface area contributed by atoms with Crippen molar-refractivity contribution in [3.63, 3.8) is 0 Å². The number of hydrogen-bond donors (Lipinski definition) is 1. The fourth-order valence-electron chi connectivity index (χ4n) is 5.24. The van der Waals surface area contributed by atoms with Crippen molar-refractivity contribution < 1.29 is 13.6 Å². The van der Waals surface area contributed by atoms with E-state index in [-0.39, 0.29) is 17.5 Å². The van der Waals surface area contributed by atoms with Crippen molar-refractivity contribution in [1.82, 2.24) is 9.88 Å². The minimum absolute atomic E-state index is 0.147. The molecule has 3 heterocycles. The molecule has 0 radical (unpaired) electrons. The summed E-state index contributed by atoms with van der Waals surface area (Å²) in [6.07, 6.45) is 9.98. The molecule has 2 atom stereocenters. The second kappa shape index (κ2) is 8.55. The van der Waals surface area contributed by atoms with Crippen LogP contribution in [-0.2, 0) is 11.2 Å². The van der Waals surface area contributed by atoms with Crippen LogP contribution in [0.5, 0.6) is 0 Å². The minimum Gasteiger partial charge on any atom is -0.371 e. The molecule has 1 saturated heterocycles. The molecule has 0 aliphatic carbocycles. The van der Waals surface area contributed by atoms with Gasteiger partial charge in [0.1, 0.15) is 11.6 Å². The Bertz CT molecular complexity index is 1240. The van der Waals surface area contributed by atoms with Crippen LogP contribution in [0.3, 0.4) is 0 Å². The number of aromatic nitrogens is 1. The van der Waals surface area contributed by atoms with Crippen LogP contribution in [0, 0.1) is 24.0 Å². The van der Waals surface area contributed by atoms with Crippen molar-refractivity contribution >= 4 is 22.5 Å². The summed E-state index contributed by atoms with van der Waals surface area (Å²) in [5.74, 6) is 0.679. The van der Waals surface area contributed by atoms with E-state index in [1.807, 2.05) is 12.1 Å². The highest BCUT2D eigenvalue weighted by molar-refractivity contribution is 5.95. The second-order valence-corrected chi connectivity index (χ2v) is 9.02. The number of halogens is 2. The maximum Gasteiger partial charge on any atom is 0.299 e. The molecule has 2 aromatic carbocycles. The van der Waals surface area contributed by atoms with Crippen molar-refractivity contribution in [3.05, 3.63) is 64.9 Å². The summed E-state index contributed by atoms with van der Waals surface area (Å²) >= 11 is 0. The quantitative estimate of drug-likeness (QED) is 0.538. The highest BCUT2D eigenvalue weighted by Gasteiger charge is 2.40. The predicted molar refractivity (Wildman–Crippen MR) is 126 cm³/mol. The van der Waals surface area contributed by atoms with Crippen LogP contribution < -0.4 is 4.90 Å². The molecule has 2 aliphatic rings. The first-order valence-electron chi connectivity index (χ1n) is 11.6. The van der Waals surface area contributed by atoms with E-state index in [2.05, 4.69) is 34.9 Å². The molecule has 4 nitrogen and oxygen atoms in total. The highest BCUT2D eigenvalue weighted by Crippen LogP contribution is 2.43. The van der Waals surface area contributed by atoms with Crippen molar-refractivity contribution in [3.8, 4) is 12.3 Å². The standard InChI is InChI=1S/C27H27F2N3O/c1-3-5-7-20-16-22-21-14-18(28)15-23(29)25(21)30-26(22)27(32(20)24(33)4-2)17-8-10-19(11-9-17)31-12-6-13-31/h2,8-11,14-15,20,27,30H,3,5-7,12-13,16H2,1H3/t20-,27-/m0/s1. The zero-order chi connectivity index (χ0) is 23.1. The molecular formula is C27H27F2N3O. The van der Waals surface area contributed by atoms with Gasteiger partial charge in [0.15, 0.2) is 0 Å². The van der Waals surface area contributed by atoms with Crippen LogP contribution in [0.4, 0.5) is 14.5 Å². The summed E-state index contributed by atoms with van der Waals surface area (Å²) in [5.41, 5.74) is 3.89. The van der Waals surface area contributed by atoms with Gasteiger partial charge in [-0.1, -0.05) is 31.9 Å². The van der Waals surface area contributed by atoms with E-state index in [0.717, 1.165) is 55.2 Å². The number of fused-ring (bicyclic) bond motifs is 3. The molecule has 1 N–H and O–H groups in total. The lowest BCUT2D eigenvalue weighted by atomic mass is 9.86. The van der Waals surface area contributed by atoms with Gasteiger partial charge < -0.3 is 14.8 Å². The number of carbonyl (C=O) groups excluding carboxylic acids is 1. The van der Waals surface area contributed by atoms with Gasteiger partial charge >= 0.3 is 0 Å². The van der Waals surface area contributed by atoms with Gasteiger partial charge in [-0.3, -0.25) is 4.79 Å². The zero-order valence-corrected chi connectivity index (χ0v) is 18.7. The fourth-order valence-corrected chi connectivity index (χ4v) is 5.24. The van der Waals surface area contributed by atoms with Crippen molar-refractivity contribution in [2.24, 2.45) is 0 Å². The number of hydrogen-bond acceptors (Lipinski definition) is 2. The predicted octanol–water partition coefficient (Wildman–Crippen LogP) is 5.32. The Morgan fingerprint density at radius 1 is 1.21 bits per heavy atom. The third-order valence-corrected chi connectivity index (χ3v) is 7.03. The largest absolute Gasteiger partial charge is 0.371 e. The number of carbonyl (C=O) groups is 1. The Labute approximate surface area is 192 Å². The molecule has 33 heavy (non-hydrogen) atoms. The first kappa shape index (κ1) is 21.5. The summed E-state index contributed by atoms with van der Waals surface area (Å²) in [7, 11) is 0. The summed E-state index contributed by atoms with van der Waals surface area (Å²) in [6.45, 7) is 4.19. The number of benzene rings is 2. The Hall–Kier alpha value is -3.33. The number of rotatable bonds is 5. The average molecular weight is 448 g/mol. The first-order chi connectivity index (χ1) is 16.0. The summed E-state index contributed by atoms with van der Waals surface area (Å²) in [6, 6.07) is 9.79. The van der Waals surface area contributed by atoms with Gasteiger partial charge in [-0.25, -0.2) is 8.78 Å². The second-order valence-electron chi connectivity index (χ2n) is 9.02. The summed E-state index contributed by atoms with van der Waals surface area (Å²) < 4.78 is 28.8. The lowest BCUT2D eigenvalue weighted by Crippen LogP contribution is -2.47. The van der Waals surface area contributed by atoms with Crippen LogP contribution in [0.25, 0.3) is 10.9 Å². The summed E-state index contributed by atoms with van der Waals surface area (Å²) in [4.78, 5) is 20.3. The maximum atomic E-state index is 14.7. The van der Waals surface area contributed by atoms with E-state index in [0.29, 0.717) is 17.5 Å². The molecule has 1 amide bonds. The van der Waals surface area contributed by atoms with E-state index in [4.69, 9.17) is 6.42 Å². The number of H-pyrrole nitrogens is 1. The fraction of sp³-hybridized carbons (Fsp3) is 0.370. The SMILES string of the molecule is C#CC(=O)N1[C@@H](CCCC)Cc2c([nH]c3c(F)cc(F)cc23)[C@@H]1c1ccc(N2CCC2)cc1. The number of terminal acetylenes is 1. The Morgan fingerprint density at radius 3 is 2.61 bits per heavy atom. The van der Waals surface area contributed by atoms with Crippen molar-refractivity contribution in [2.45, 2.75) is 51.1 Å². The molecule has 3 aromatic rings. The molecule has 170 valence electrons. The number of unbranched alkanes of at least 4 members (excludes halogenated alkanes) is 1. The van der Waals surface area contributed by atoms with E-state index >= 15 is 0 Å². The number of anilines is 1. The lowest BCUT2D eigenvalue weighted by Gasteiger charge is -2.42. The maximum absolute atomic E-state index is 14.7. The van der Waals surface area contributed by atoms with Gasteiger partial charge in [-0.15, -0.1) is 6.42 Å². The number of nitrogens with zero attached hydrogens (tertiary/aromatic N) is 2. The molecule has 1 aromatic heterocycles. The molecule has 0 spiro atoms. The van der Waals surface area contributed by atoms with Crippen LogP contribution in [0.2, 0.25) is 0 Å². The molecule has 0 unspecified atom stereocenters. The van der Waals surface area contributed by atoms with Gasteiger partial charge in [-0.2, -0.15) is 0 Å². The number of aromatic amines is 1. The number of amides is 1. The van der Waals surface area contributed by atoms with Crippen LogP contribution in [0.1, 0.15) is 55.5 Å². The lowest BCUT2D eigenvalue weighted by molar-refractivity contribution is -0.130. The zero-order valence-electron chi connectivity index (χ0n) is 18.7. The van der Waals surface area contributed by atoms with E-state index < -0.39 is 17.7 Å². The molecule has 5 rings (SSSR count). The molecule has 2 aliphatic heterocycles. The average Bonchev–Trinajstić information content (AvgIpc) is 3.14. The Balaban J connectivity index is 1.68. The third-order valence-electron chi connectivity index (χ3n) is 7.03. The van der Waals surface area contributed by atoms with E-state index in [1.54, 1.807) is 4.90 Å². The van der Waals surface area contributed by atoms with Crippen molar-refractivity contribution in [2.75, 3.05) is 18.0 Å². The smallest absolute Gasteiger partial charge is 0.299 e. The molecule has 6 heteroatoms. The number of nitrogens with one attached hydrogen (secondary N) is 1. The Kier molecular flexibility index (Phi) is 5.57.